The van der Waals surface area contributed by atoms with Crippen molar-refractivity contribution in [1.82, 2.24) is 4.90 Å². The van der Waals surface area contributed by atoms with Crippen LogP contribution in [-0.4, -0.2) is 41.9 Å². The van der Waals surface area contributed by atoms with Gasteiger partial charge in [0.15, 0.2) is 0 Å². The highest BCUT2D eigenvalue weighted by molar-refractivity contribution is 9.09. The number of alkyl halides is 1. The second-order valence-electron chi connectivity index (χ2n) is 5.71. The molecule has 0 radical (unpaired) electrons. The lowest BCUT2D eigenvalue weighted by Crippen LogP contribution is -2.48. The molecule has 1 aliphatic heterocycles. The number of halogens is 1. The number of amides is 1. The topological polar surface area (TPSA) is 29.5 Å². The predicted molar refractivity (Wildman–Crippen MR) is 88.8 cm³/mol. The highest BCUT2D eigenvalue weighted by Gasteiger charge is 2.32. The van der Waals surface area contributed by atoms with Crippen molar-refractivity contribution < 1.29 is 9.53 Å². The number of rotatable bonds is 5. The van der Waals surface area contributed by atoms with Crippen LogP contribution in [0.3, 0.4) is 0 Å². The number of benzene rings is 1. The average molecular weight is 354 g/mol. The van der Waals surface area contributed by atoms with Gasteiger partial charge in [0.25, 0.3) is 0 Å². The van der Waals surface area contributed by atoms with Crippen molar-refractivity contribution in [3.8, 4) is 0 Å². The quantitative estimate of drug-likeness (QED) is 0.758. The lowest BCUT2D eigenvalue weighted by atomic mass is 9.84. The van der Waals surface area contributed by atoms with Gasteiger partial charge in [-0.25, -0.2) is 0 Å². The highest BCUT2D eigenvalue weighted by atomic mass is 79.9. The standard InChI is InChI=1S/C17H24BrNO2/c1-3-13(2)16(14-7-5-4-6-8-14)17(20)19-9-10-21-15(11-18)12-19/h4-8,13,15-16H,3,9-12H2,1-2H3. The van der Waals surface area contributed by atoms with E-state index in [1.807, 2.05) is 23.1 Å². The molecule has 0 aromatic heterocycles. The minimum absolute atomic E-state index is 0.0507. The molecular formula is C17H24BrNO2. The summed E-state index contributed by atoms with van der Waals surface area (Å²) >= 11 is 3.45. The SMILES string of the molecule is CCC(C)C(C(=O)N1CCOC(CBr)C1)c1ccccc1. The molecule has 1 aromatic carbocycles. The maximum Gasteiger partial charge on any atom is 0.230 e. The fraction of sp³-hybridized carbons (Fsp3) is 0.588. The van der Waals surface area contributed by atoms with E-state index in [0.29, 0.717) is 25.6 Å². The van der Waals surface area contributed by atoms with Crippen LogP contribution in [0.2, 0.25) is 0 Å². The van der Waals surface area contributed by atoms with Crippen LogP contribution in [0.15, 0.2) is 30.3 Å². The Balaban J connectivity index is 2.18. The Morgan fingerprint density at radius 2 is 2.14 bits per heavy atom. The molecule has 1 fully saturated rings. The smallest absolute Gasteiger partial charge is 0.230 e. The molecule has 1 heterocycles. The first-order valence-electron chi connectivity index (χ1n) is 7.68. The number of morpholine rings is 1. The van der Waals surface area contributed by atoms with Crippen molar-refractivity contribution in [3.63, 3.8) is 0 Å². The molecule has 3 unspecified atom stereocenters. The van der Waals surface area contributed by atoms with Gasteiger partial charge in [-0.05, 0) is 11.5 Å². The molecule has 1 saturated heterocycles. The molecule has 1 aromatic rings. The van der Waals surface area contributed by atoms with E-state index in [1.165, 1.54) is 0 Å². The van der Waals surface area contributed by atoms with Crippen molar-refractivity contribution in [1.29, 1.82) is 0 Å². The largest absolute Gasteiger partial charge is 0.374 e. The van der Waals surface area contributed by atoms with Crippen LogP contribution in [0, 0.1) is 5.92 Å². The maximum atomic E-state index is 13.0. The Morgan fingerprint density at radius 3 is 2.76 bits per heavy atom. The summed E-state index contributed by atoms with van der Waals surface area (Å²) in [4.78, 5) is 15.0. The highest BCUT2D eigenvalue weighted by Crippen LogP contribution is 2.29. The summed E-state index contributed by atoms with van der Waals surface area (Å²) in [6.45, 7) is 6.32. The first-order valence-corrected chi connectivity index (χ1v) is 8.80. The van der Waals surface area contributed by atoms with Gasteiger partial charge in [-0.1, -0.05) is 66.5 Å². The first-order chi connectivity index (χ1) is 10.2. The summed E-state index contributed by atoms with van der Waals surface area (Å²) < 4.78 is 5.64. The molecule has 1 amide bonds. The summed E-state index contributed by atoms with van der Waals surface area (Å²) in [6, 6.07) is 10.2. The number of hydrogen-bond donors (Lipinski definition) is 0. The van der Waals surface area contributed by atoms with Gasteiger partial charge >= 0.3 is 0 Å². The van der Waals surface area contributed by atoms with Crippen LogP contribution in [0.25, 0.3) is 0 Å². The Labute approximate surface area is 135 Å². The molecule has 3 nitrogen and oxygen atoms in total. The summed E-state index contributed by atoms with van der Waals surface area (Å²) in [5.41, 5.74) is 1.12. The third kappa shape index (κ3) is 4.07. The molecule has 0 bridgehead atoms. The van der Waals surface area contributed by atoms with Crippen molar-refractivity contribution in [2.75, 3.05) is 25.0 Å². The predicted octanol–water partition coefficient (Wildman–Crippen LogP) is 3.44. The Kier molecular flexibility index (Phi) is 6.24. The Morgan fingerprint density at radius 1 is 1.43 bits per heavy atom. The minimum Gasteiger partial charge on any atom is -0.374 e. The lowest BCUT2D eigenvalue weighted by Gasteiger charge is -2.36. The van der Waals surface area contributed by atoms with E-state index in [4.69, 9.17) is 4.74 Å². The van der Waals surface area contributed by atoms with Crippen LogP contribution in [0.5, 0.6) is 0 Å². The number of carbonyl (C=O) groups excluding carboxylic acids is 1. The zero-order valence-electron chi connectivity index (χ0n) is 12.8. The van der Waals surface area contributed by atoms with Gasteiger partial charge < -0.3 is 9.64 Å². The first kappa shape index (κ1) is 16.5. The number of nitrogens with zero attached hydrogens (tertiary/aromatic N) is 1. The maximum absolute atomic E-state index is 13.0. The summed E-state index contributed by atoms with van der Waals surface area (Å²) in [7, 11) is 0. The molecular weight excluding hydrogens is 330 g/mol. The normalized spacial score (nSPS) is 21.9. The van der Waals surface area contributed by atoms with Gasteiger partial charge in [-0.15, -0.1) is 0 Å². The molecule has 0 spiro atoms. The molecule has 0 saturated carbocycles. The third-order valence-electron chi connectivity index (χ3n) is 4.26. The Bertz CT molecular complexity index is 451. The van der Waals surface area contributed by atoms with E-state index in [1.54, 1.807) is 0 Å². The van der Waals surface area contributed by atoms with Crippen molar-refractivity contribution in [3.05, 3.63) is 35.9 Å². The number of carbonyl (C=O) groups is 1. The zero-order chi connectivity index (χ0) is 15.2. The van der Waals surface area contributed by atoms with Gasteiger partial charge in [-0.3, -0.25) is 4.79 Å². The van der Waals surface area contributed by atoms with Crippen molar-refractivity contribution in [2.45, 2.75) is 32.3 Å². The van der Waals surface area contributed by atoms with E-state index < -0.39 is 0 Å². The van der Waals surface area contributed by atoms with Crippen LogP contribution in [0.4, 0.5) is 0 Å². The molecule has 0 aliphatic carbocycles. The molecule has 21 heavy (non-hydrogen) atoms. The Hall–Kier alpha value is -0.870. The average Bonchev–Trinajstić information content (AvgIpc) is 2.55. The van der Waals surface area contributed by atoms with Gasteiger partial charge in [0.05, 0.1) is 18.6 Å². The van der Waals surface area contributed by atoms with Crippen molar-refractivity contribution in [2.24, 2.45) is 5.92 Å². The van der Waals surface area contributed by atoms with Gasteiger partial charge in [0, 0.05) is 18.4 Å². The summed E-state index contributed by atoms with van der Waals surface area (Å²) in [5, 5.41) is 0.774. The van der Waals surface area contributed by atoms with Crippen LogP contribution in [0.1, 0.15) is 31.7 Å². The van der Waals surface area contributed by atoms with Crippen LogP contribution < -0.4 is 0 Å². The van der Waals surface area contributed by atoms with E-state index in [0.717, 1.165) is 17.3 Å². The molecule has 2 rings (SSSR count). The second-order valence-corrected chi connectivity index (χ2v) is 6.35. The van der Waals surface area contributed by atoms with E-state index >= 15 is 0 Å². The fourth-order valence-corrected chi connectivity index (χ4v) is 3.21. The molecule has 3 atom stereocenters. The molecule has 1 aliphatic rings. The monoisotopic (exact) mass is 353 g/mol. The van der Waals surface area contributed by atoms with E-state index in [9.17, 15) is 4.79 Å². The molecule has 116 valence electrons. The van der Waals surface area contributed by atoms with Crippen LogP contribution >= 0.6 is 15.9 Å². The number of ether oxygens (including phenoxy) is 1. The van der Waals surface area contributed by atoms with Gasteiger partial charge in [0.1, 0.15) is 0 Å². The molecule has 4 heteroatoms. The number of hydrogen-bond acceptors (Lipinski definition) is 2. The van der Waals surface area contributed by atoms with Gasteiger partial charge in [-0.2, -0.15) is 0 Å². The minimum atomic E-state index is -0.0507. The van der Waals surface area contributed by atoms with E-state index in [2.05, 4.69) is 41.9 Å². The van der Waals surface area contributed by atoms with Crippen molar-refractivity contribution >= 4 is 21.8 Å². The van der Waals surface area contributed by atoms with Crippen LogP contribution in [-0.2, 0) is 9.53 Å². The summed E-state index contributed by atoms with van der Waals surface area (Å²) in [6.07, 6.45) is 1.10. The third-order valence-corrected chi connectivity index (χ3v) is 4.98. The second kappa shape index (κ2) is 7.95. The van der Waals surface area contributed by atoms with Gasteiger partial charge in [0.2, 0.25) is 5.91 Å². The zero-order valence-corrected chi connectivity index (χ0v) is 14.4. The fourth-order valence-electron chi connectivity index (χ4n) is 2.82. The lowest BCUT2D eigenvalue weighted by molar-refractivity contribution is -0.140. The van der Waals surface area contributed by atoms with E-state index in [-0.39, 0.29) is 17.9 Å². The summed E-state index contributed by atoms with van der Waals surface area (Å²) in [5.74, 6) is 0.528. The molecule has 0 N–H and O–H groups in total.